The minimum absolute atomic E-state index is 0.110. The fraction of sp³-hybridized carbons (Fsp3) is 0.474. The molecular weight excluding hydrogens is 364 g/mol. The second kappa shape index (κ2) is 8.58. The van der Waals surface area contributed by atoms with Crippen molar-refractivity contribution in [3.8, 4) is 11.5 Å². The molecule has 0 bridgehead atoms. The average molecular weight is 392 g/mol. The smallest absolute Gasteiger partial charge is 0.253 e. The summed E-state index contributed by atoms with van der Waals surface area (Å²) in [7, 11) is 6.06. The predicted molar refractivity (Wildman–Crippen MR) is 110 cm³/mol. The van der Waals surface area contributed by atoms with Crippen LogP contribution in [0.2, 0.25) is 0 Å². The number of pyridine rings is 1. The SMILES string of the molecule is CNC(=S)N(CCC[NH+](C)C)Cc1cc2cc3c(cc2[nH]c1=O)OCCO3. The van der Waals surface area contributed by atoms with E-state index in [0.717, 1.165) is 30.4 Å². The molecule has 1 aliphatic rings. The van der Waals surface area contributed by atoms with Gasteiger partial charge in [-0.2, -0.15) is 0 Å². The zero-order valence-electron chi connectivity index (χ0n) is 16.1. The highest BCUT2D eigenvalue weighted by molar-refractivity contribution is 7.80. The molecule has 0 aliphatic carbocycles. The van der Waals surface area contributed by atoms with Crippen LogP contribution in [-0.2, 0) is 6.54 Å². The van der Waals surface area contributed by atoms with Gasteiger partial charge >= 0.3 is 0 Å². The van der Waals surface area contributed by atoms with Gasteiger partial charge in [0.2, 0.25) is 0 Å². The molecule has 146 valence electrons. The van der Waals surface area contributed by atoms with Crippen molar-refractivity contribution < 1.29 is 14.4 Å². The molecular formula is C19H27N4O3S+. The van der Waals surface area contributed by atoms with Crippen molar-refractivity contribution in [3.63, 3.8) is 0 Å². The number of nitrogens with zero attached hydrogens (tertiary/aromatic N) is 1. The third-order valence-corrected chi connectivity index (χ3v) is 5.01. The maximum atomic E-state index is 12.6. The quantitative estimate of drug-likeness (QED) is 0.609. The fourth-order valence-corrected chi connectivity index (χ4v) is 3.30. The molecule has 0 saturated heterocycles. The van der Waals surface area contributed by atoms with Crippen molar-refractivity contribution in [1.29, 1.82) is 0 Å². The third kappa shape index (κ3) is 4.70. The molecule has 1 aliphatic heterocycles. The van der Waals surface area contributed by atoms with Gasteiger partial charge in [0, 0.05) is 37.0 Å². The summed E-state index contributed by atoms with van der Waals surface area (Å²) in [6.45, 7) is 3.35. The van der Waals surface area contributed by atoms with Crippen molar-refractivity contribution in [1.82, 2.24) is 15.2 Å². The van der Waals surface area contributed by atoms with Gasteiger partial charge in [0.05, 0.1) is 32.7 Å². The van der Waals surface area contributed by atoms with Gasteiger partial charge in [0.1, 0.15) is 13.2 Å². The van der Waals surface area contributed by atoms with E-state index in [9.17, 15) is 4.79 Å². The Labute approximate surface area is 164 Å². The minimum atomic E-state index is -0.110. The number of rotatable bonds is 6. The standard InChI is InChI=1S/C19H26N4O3S/c1-20-19(27)23(6-4-5-22(2)3)12-14-9-13-10-16-17(26-8-7-25-16)11-15(13)21-18(14)24/h9-11H,4-8,12H2,1-3H3,(H,20,27)(H,21,24)/p+1. The number of nitrogens with one attached hydrogen (secondary N) is 3. The number of hydrogen-bond donors (Lipinski definition) is 3. The Balaban J connectivity index is 1.86. The van der Waals surface area contributed by atoms with Crippen molar-refractivity contribution in [2.75, 3.05) is 47.4 Å². The van der Waals surface area contributed by atoms with Crippen LogP contribution in [0.1, 0.15) is 12.0 Å². The number of fused-ring (bicyclic) bond motifs is 2. The lowest BCUT2D eigenvalue weighted by molar-refractivity contribution is -0.858. The molecule has 0 saturated carbocycles. The van der Waals surface area contributed by atoms with Crippen molar-refractivity contribution in [2.45, 2.75) is 13.0 Å². The Hall–Kier alpha value is -2.32. The van der Waals surface area contributed by atoms with E-state index >= 15 is 0 Å². The third-order valence-electron chi connectivity index (χ3n) is 4.55. The van der Waals surface area contributed by atoms with Gasteiger partial charge in [0.25, 0.3) is 5.56 Å². The van der Waals surface area contributed by atoms with Crippen molar-refractivity contribution >= 4 is 28.2 Å². The number of hydrogen-bond acceptors (Lipinski definition) is 4. The molecule has 0 spiro atoms. The highest BCUT2D eigenvalue weighted by Crippen LogP contribution is 2.33. The Morgan fingerprint density at radius 3 is 2.63 bits per heavy atom. The van der Waals surface area contributed by atoms with E-state index in [1.54, 1.807) is 7.05 Å². The second-order valence-electron chi connectivity index (χ2n) is 6.99. The molecule has 0 amide bonds. The van der Waals surface area contributed by atoms with Crippen LogP contribution in [0.4, 0.5) is 0 Å². The van der Waals surface area contributed by atoms with E-state index < -0.39 is 0 Å². The molecule has 0 unspecified atom stereocenters. The summed E-state index contributed by atoms with van der Waals surface area (Å²) in [4.78, 5) is 19.0. The van der Waals surface area contributed by atoms with E-state index in [1.807, 2.05) is 23.1 Å². The van der Waals surface area contributed by atoms with Gasteiger partial charge in [-0.1, -0.05) is 0 Å². The molecule has 2 heterocycles. The first-order valence-electron chi connectivity index (χ1n) is 9.19. The zero-order valence-corrected chi connectivity index (χ0v) is 16.9. The van der Waals surface area contributed by atoms with Gasteiger partial charge in [-0.3, -0.25) is 4.79 Å². The molecule has 3 rings (SSSR count). The summed E-state index contributed by atoms with van der Waals surface area (Å²) < 4.78 is 11.2. The van der Waals surface area contributed by atoms with E-state index in [0.29, 0.717) is 41.9 Å². The lowest BCUT2D eigenvalue weighted by Crippen LogP contribution is -3.05. The monoisotopic (exact) mass is 391 g/mol. The number of quaternary nitrogens is 1. The van der Waals surface area contributed by atoms with Crippen LogP contribution in [0.3, 0.4) is 0 Å². The maximum Gasteiger partial charge on any atom is 0.253 e. The first-order valence-corrected chi connectivity index (χ1v) is 9.60. The summed E-state index contributed by atoms with van der Waals surface area (Å²) in [6.07, 6.45) is 0.994. The largest absolute Gasteiger partial charge is 0.486 e. The van der Waals surface area contributed by atoms with Gasteiger partial charge < -0.3 is 29.6 Å². The zero-order chi connectivity index (χ0) is 19.4. The molecule has 0 radical (unpaired) electrons. The molecule has 8 heteroatoms. The first-order chi connectivity index (χ1) is 13.0. The molecule has 3 N–H and O–H groups in total. The second-order valence-corrected chi connectivity index (χ2v) is 7.38. The molecule has 1 aromatic heterocycles. The van der Waals surface area contributed by atoms with Gasteiger partial charge in [-0.25, -0.2) is 0 Å². The number of ether oxygens (including phenoxy) is 2. The van der Waals surface area contributed by atoms with E-state index in [1.165, 1.54) is 4.90 Å². The molecule has 7 nitrogen and oxygen atoms in total. The van der Waals surface area contributed by atoms with Crippen LogP contribution < -0.4 is 25.2 Å². The highest BCUT2D eigenvalue weighted by atomic mass is 32.1. The number of H-pyrrole nitrogens is 1. The number of aromatic amines is 1. The fourth-order valence-electron chi connectivity index (χ4n) is 3.15. The lowest BCUT2D eigenvalue weighted by atomic mass is 10.1. The summed E-state index contributed by atoms with van der Waals surface area (Å²) in [5.41, 5.74) is 1.31. The van der Waals surface area contributed by atoms with E-state index in [-0.39, 0.29) is 5.56 Å². The summed E-state index contributed by atoms with van der Waals surface area (Å²) in [5.74, 6) is 1.38. The minimum Gasteiger partial charge on any atom is -0.486 e. The van der Waals surface area contributed by atoms with Crippen LogP contribution in [0, 0.1) is 0 Å². The Bertz CT molecular complexity index is 881. The number of aromatic nitrogens is 1. The normalized spacial score (nSPS) is 13.0. The molecule has 1 aromatic carbocycles. The predicted octanol–water partition coefficient (Wildman–Crippen LogP) is 0.140. The van der Waals surface area contributed by atoms with E-state index in [2.05, 4.69) is 24.4 Å². The Kier molecular flexibility index (Phi) is 6.18. The molecule has 27 heavy (non-hydrogen) atoms. The summed E-state index contributed by atoms with van der Waals surface area (Å²) >= 11 is 5.43. The Morgan fingerprint density at radius 1 is 1.26 bits per heavy atom. The van der Waals surface area contributed by atoms with Crippen LogP contribution in [0.25, 0.3) is 10.9 Å². The van der Waals surface area contributed by atoms with Crippen molar-refractivity contribution in [3.05, 3.63) is 34.1 Å². The summed E-state index contributed by atoms with van der Waals surface area (Å²) in [6, 6.07) is 5.65. The topological polar surface area (TPSA) is 71.0 Å². The Morgan fingerprint density at radius 2 is 1.96 bits per heavy atom. The number of thiocarbonyl (C=S) groups is 1. The lowest BCUT2D eigenvalue weighted by Gasteiger charge is -2.25. The molecule has 0 fully saturated rings. The maximum absolute atomic E-state index is 12.6. The van der Waals surface area contributed by atoms with Gasteiger partial charge in [0.15, 0.2) is 16.6 Å². The first kappa shape index (κ1) is 19.4. The van der Waals surface area contributed by atoms with Crippen LogP contribution in [0.5, 0.6) is 11.5 Å². The van der Waals surface area contributed by atoms with Gasteiger partial charge in [-0.05, 0) is 24.4 Å². The molecule has 2 aromatic rings. The van der Waals surface area contributed by atoms with Gasteiger partial charge in [-0.15, -0.1) is 0 Å². The van der Waals surface area contributed by atoms with E-state index in [4.69, 9.17) is 21.7 Å². The summed E-state index contributed by atoms with van der Waals surface area (Å²) in [5, 5.41) is 4.59. The average Bonchev–Trinajstić information content (AvgIpc) is 2.65. The highest BCUT2D eigenvalue weighted by Gasteiger charge is 2.16. The van der Waals surface area contributed by atoms with Crippen LogP contribution in [0.15, 0.2) is 23.0 Å². The molecule has 0 atom stereocenters. The van der Waals surface area contributed by atoms with Crippen LogP contribution in [-0.4, -0.2) is 62.4 Å². The van der Waals surface area contributed by atoms with Crippen LogP contribution >= 0.6 is 12.2 Å². The van der Waals surface area contributed by atoms with Crippen molar-refractivity contribution in [2.24, 2.45) is 0 Å². The number of benzene rings is 1.